The number of hydrogen-bond donors (Lipinski definition) is 1. The molecule has 60 valence electrons. The van der Waals surface area contributed by atoms with Gasteiger partial charge in [-0.15, -0.1) is 0 Å². The van der Waals surface area contributed by atoms with Gasteiger partial charge in [-0.05, 0) is 12.1 Å². The summed E-state index contributed by atoms with van der Waals surface area (Å²) < 4.78 is 12.8. The Labute approximate surface area is 68.4 Å². The maximum Gasteiger partial charge on any atom is 0.392 e. The molecule has 3 nitrogen and oxygen atoms in total. The summed E-state index contributed by atoms with van der Waals surface area (Å²) in [6.45, 7) is 0. The molecule has 0 heterocycles. The summed E-state index contributed by atoms with van der Waals surface area (Å²) in [5, 5.41) is 17.1. The first-order valence-corrected chi connectivity index (χ1v) is 3.24. The first-order chi connectivity index (χ1) is 5.75. The molecule has 0 radical (unpaired) electrons. The molecule has 4 heteroatoms. The van der Waals surface area contributed by atoms with Crippen LogP contribution in [-0.4, -0.2) is 5.11 Å². The van der Waals surface area contributed by atoms with Gasteiger partial charge in [0, 0.05) is 0 Å². The Balaban J connectivity index is 3.13. The van der Waals surface area contributed by atoms with Crippen LogP contribution >= 0.6 is 0 Å². The lowest BCUT2D eigenvalue weighted by atomic mass is 10.2. The van der Waals surface area contributed by atoms with E-state index < -0.39 is 11.6 Å². The largest absolute Gasteiger partial charge is 0.501 e. The third kappa shape index (κ3) is 1.58. The molecule has 0 aliphatic heterocycles. The molecular weight excluding hydrogens is 159 g/mol. The van der Waals surface area contributed by atoms with Gasteiger partial charge in [-0.1, -0.05) is 12.1 Å². The normalized spacial score (nSPS) is 10.8. The smallest absolute Gasteiger partial charge is 0.392 e. The predicted octanol–water partition coefficient (Wildman–Crippen LogP) is 2.54. The van der Waals surface area contributed by atoms with Crippen molar-refractivity contribution in [1.29, 1.82) is 5.39 Å². The Hall–Kier alpha value is -1.89. The first kappa shape index (κ1) is 8.21. The highest BCUT2D eigenvalue weighted by atomic mass is 19.1. The van der Waals surface area contributed by atoms with Crippen molar-refractivity contribution in [3.8, 4) is 0 Å². The van der Waals surface area contributed by atoms with Crippen LogP contribution < -0.4 is 0 Å². The predicted molar refractivity (Wildman–Crippen MR) is 42.1 cm³/mol. The van der Waals surface area contributed by atoms with Crippen molar-refractivity contribution in [2.75, 3.05) is 0 Å². The molecule has 12 heavy (non-hydrogen) atoms. The van der Waals surface area contributed by atoms with Gasteiger partial charge in [0.15, 0.2) is 4.98 Å². The molecule has 0 fully saturated rings. The summed E-state index contributed by atoms with van der Waals surface area (Å²) in [5.41, 5.74) is 0.00954. The van der Waals surface area contributed by atoms with Crippen molar-refractivity contribution in [3.63, 3.8) is 0 Å². The molecule has 0 aromatic heterocycles. The molecular formula is C8H6FN2O+. The molecule has 1 aromatic carbocycles. The van der Waals surface area contributed by atoms with Gasteiger partial charge < -0.3 is 5.11 Å². The summed E-state index contributed by atoms with van der Waals surface area (Å²) in [5.74, 6) is -0.967. The fourth-order valence-corrected chi connectivity index (χ4v) is 0.793. The van der Waals surface area contributed by atoms with E-state index in [1.807, 2.05) is 0 Å². The number of aliphatic hydroxyl groups excluding tert-OH is 1. The van der Waals surface area contributed by atoms with E-state index in [1.54, 1.807) is 6.07 Å². The highest BCUT2D eigenvalue weighted by Gasteiger charge is 2.08. The minimum Gasteiger partial charge on any atom is -0.501 e. The number of benzene rings is 1. The van der Waals surface area contributed by atoms with Gasteiger partial charge in [0.05, 0.1) is 5.56 Å². The summed E-state index contributed by atoms with van der Waals surface area (Å²) in [6.07, 6.45) is 0.762. The Bertz CT molecular complexity index is 354. The Morgan fingerprint density at radius 3 is 2.75 bits per heavy atom. The van der Waals surface area contributed by atoms with E-state index in [9.17, 15) is 4.39 Å². The standard InChI is InChI=1S/C8H5FN2O/c9-7-4-2-1-3-6(7)8(12)5-11-10/h1-5H/p+1/b8-5-. The van der Waals surface area contributed by atoms with Gasteiger partial charge in [-0.25, -0.2) is 4.39 Å². The summed E-state index contributed by atoms with van der Waals surface area (Å²) in [4.78, 5) is 2.57. The maximum absolute atomic E-state index is 12.8. The lowest BCUT2D eigenvalue weighted by Gasteiger charge is -1.95. The fourth-order valence-electron chi connectivity index (χ4n) is 0.793. The van der Waals surface area contributed by atoms with Crippen molar-refractivity contribution in [2.45, 2.75) is 0 Å². The zero-order chi connectivity index (χ0) is 8.97. The molecule has 0 saturated carbocycles. The van der Waals surface area contributed by atoms with Crippen molar-refractivity contribution < 1.29 is 9.50 Å². The summed E-state index contributed by atoms with van der Waals surface area (Å²) in [7, 11) is 0. The molecule has 0 saturated heterocycles. The molecule has 1 aromatic rings. The number of rotatable bonds is 1. The van der Waals surface area contributed by atoms with Crippen LogP contribution in [0.2, 0.25) is 0 Å². The Morgan fingerprint density at radius 2 is 2.17 bits per heavy atom. The van der Waals surface area contributed by atoms with Crippen molar-refractivity contribution in [1.82, 2.24) is 0 Å². The number of aliphatic hydroxyl groups is 1. The zero-order valence-corrected chi connectivity index (χ0v) is 6.11. The van der Waals surface area contributed by atoms with E-state index in [1.165, 1.54) is 18.2 Å². The van der Waals surface area contributed by atoms with E-state index in [2.05, 4.69) is 4.98 Å². The van der Waals surface area contributed by atoms with E-state index in [0.29, 0.717) is 0 Å². The average molecular weight is 165 g/mol. The molecule has 1 rings (SSSR count). The number of hydrogen-bond acceptors (Lipinski definition) is 2. The lowest BCUT2D eigenvalue weighted by Crippen LogP contribution is -1.86. The SMILES string of the molecule is N#[N+]/C=C(\O)c1ccccc1F. The van der Waals surface area contributed by atoms with Crippen molar-refractivity contribution >= 4 is 5.76 Å². The molecule has 0 bridgehead atoms. The minimum absolute atomic E-state index is 0.00954. The number of halogens is 1. The van der Waals surface area contributed by atoms with Gasteiger partial charge in [0.25, 0.3) is 0 Å². The second kappa shape index (κ2) is 3.49. The molecule has 0 atom stereocenters. The lowest BCUT2D eigenvalue weighted by molar-refractivity contribution is 0.502. The van der Waals surface area contributed by atoms with Gasteiger partial charge in [-0.2, -0.15) is 0 Å². The van der Waals surface area contributed by atoms with E-state index in [4.69, 9.17) is 10.5 Å². The van der Waals surface area contributed by atoms with Crippen LogP contribution in [0.4, 0.5) is 4.39 Å². The number of diazo groups is 1. The third-order valence-electron chi connectivity index (χ3n) is 1.33. The zero-order valence-electron chi connectivity index (χ0n) is 6.11. The van der Waals surface area contributed by atoms with Crippen LogP contribution in [0.5, 0.6) is 0 Å². The Kier molecular flexibility index (Phi) is 2.38. The van der Waals surface area contributed by atoms with E-state index in [0.717, 1.165) is 6.20 Å². The van der Waals surface area contributed by atoms with Gasteiger partial charge in [0.1, 0.15) is 5.82 Å². The highest BCUT2D eigenvalue weighted by molar-refractivity contribution is 5.59. The number of nitrogens with zero attached hydrogens (tertiary/aromatic N) is 2. The van der Waals surface area contributed by atoms with Gasteiger partial charge in [0.2, 0.25) is 11.2 Å². The second-order valence-corrected chi connectivity index (χ2v) is 2.11. The summed E-state index contributed by atoms with van der Waals surface area (Å²) >= 11 is 0. The van der Waals surface area contributed by atoms with Crippen LogP contribution in [-0.2, 0) is 0 Å². The molecule has 0 amide bonds. The minimum atomic E-state index is -0.560. The fraction of sp³-hybridized carbons (Fsp3) is 0. The highest BCUT2D eigenvalue weighted by Crippen LogP contribution is 2.14. The van der Waals surface area contributed by atoms with Crippen LogP contribution in [0.15, 0.2) is 30.5 Å². The van der Waals surface area contributed by atoms with Crippen molar-refractivity contribution in [2.24, 2.45) is 0 Å². The average Bonchev–Trinajstić information content (AvgIpc) is 2.05. The first-order valence-electron chi connectivity index (χ1n) is 3.24. The molecule has 0 spiro atoms. The van der Waals surface area contributed by atoms with E-state index in [-0.39, 0.29) is 5.56 Å². The maximum atomic E-state index is 12.8. The van der Waals surface area contributed by atoms with Gasteiger partial charge in [-0.3, -0.25) is 0 Å². The van der Waals surface area contributed by atoms with Gasteiger partial charge >= 0.3 is 6.20 Å². The van der Waals surface area contributed by atoms with Crippen LogP contribution in [0, 0.1) is 11.2 Å². The third-order valence-corrected chi connectivity index (χ3v) is 1.33. The van der Waals surface area contributed by atoms with Crippen LogP contribution in [0.25, 0.3) is 10.7 Å². The molecule has 0 aliphatic rings. The summed E-state index contributed by atoms with van der Waals surface area (Å²) in [6, 6.07) is 5.66. The Morgan fingerprint density at radius 1 is 1.50 bits per heavy atom. The van der Waals surface area contributed by atoms with Crippen molar-refractivity contribution in [3.05, 3.63) is 46.8 Å². The van der Waals surface area contributed by atoms with Crippen LogP contribution in [0.1, 0.15) is 5.56 Å². The monoisotopic (exact) mass is 165 g/mol. The van der Waals surface area contributed by atoms with E-state index >= 15 is 0 Å². The molecule has 0 aliphatic carbocycles. The quantitative estimate of drug-likeness (QED) is 0.513. The molecule has 0 unspecified atom stereocenters. The topological polar surface area (TPSA) is 48.4 Å². The molecule has 1 N–H and O–H groups in total. The van der Waals surface area contributed by atoms with Crippen LogP contribution in [0.3, 0.4) is 0 Å². The second-order valence-electron chi connectivity index (χ2n) is 2.11.